The van der Waals surface area contributed by atoms with Gasteiger partial charge in [0.25, 0.3) is 5.91 Å². The Bertz CT molecular complexity index is 528. The van der Waals surface area contributed by atoms with Crippen molar-refractivity contribution in [1.82, 2.24) is 10.6 Å². The molecule has 0 aliphatic heterocycles. The van der Waals surface area contributed by atoms with Gasteiger partial charge in [-0.15, -0.1) is 0 Å². The SMILES string of the molecule is CC(C)CC(=O)NCCNC(=O)c1ccccc1C(F)(F)F. The van der Waals surface area contributed by atoms with Crippen molar-refractivity contribution < 1.29 is 22.8 Å². The molecule has 122 valence electrons. The number of rotatable bonds is 6. The van der Waals surface area contributed by atoms with Crippen LogP contribution in [0.2, 0.25) is 0 Å². The van der Waals surface area contributed by atoms with Crippen molar-refractivity contribution in [3.63, 3.8) is 0 Å². The summed E-state index contributed by atoms with van der Waals surface area (Å²) < 4.78 is 38.4. The Morgan fingerprint density at radius 2 is 1.68 bits per heavy atom. The Kier molecular flexibility index (Phi) is 6.39. The molecule has 0 spiro atoms. The summed E-state index contributed by atoms with van der Waals surface area (Å²) in [5.74, 6) is -0.751. The molecule has 22 heavy (non-hydrogen) atoms. The molecule has 0 fully saturated rings. The lowest BCUT2D eigenvalue weighted by Gasteiger charge is -2.13. The van der Waals surface area contributed by atoms with Crippen LogP contribution in [0.3, 0.4) is 0 Å². The topological polar surface area (TPSA) is 58.2 Å². The Hall–Kier alpha value is -2.05. The highest BCUT2D eigenvalue weighted by atomic mass is 19.4. The summed E-state index contributed by atoms with van der Waals surface area (Å²) >= 11 is 0. The van der Waals surface area contributed by atoms with Gasteiger partial charge in [-0.3, -0.25) is 9.59 Å². The summed E-state index contributed by atoms with van der Waals surface area (Å²) in [6, 6.07) is 4.58. The minimum Gasteiger partial charge on any atom is -0.354 e. The van der Waals surface area contributed by atoms with Crippen molar-refractivity contribution in [3.8, 4) is 0 Å². The first kappa shape index (κ1) is 18.0. The predicted molar refractivity (Wildman–Crippen MR) is 76.2 cm³/mol. The van der Waals surface area contributed by atoms with Crippen LogP contribution in [0.5, 0.6) is 0 Å². The number of hydrogen-bond acceptors (Lipinski definition) is 2. The van der Waals surface area contributed by atoms with E-state index < -0.39 is 23.2 Å². The molecular weight excluding hydrogens is 297 g/mol. The Balaban J connectivity index is 2.52. The largest absolute Gasteiger partial charge is 0.417 e. The summed E-state index contributed by atoms with van der Waals surface area (Å²) in [6.07, 6.45) is -4.22. The lowest BCUT2D eigenvalue weighted by molar-refractivity contribution is -0.138. The van der Waals surface area contributed by atoms with Crippen molar-refractivity contribution in [2.45, 2.75) is 26.4 Å². The highest BCUT2D eigenvalue weighted by molar-refractivity contribution is 5.95. The van der Waals surface area contributed by atoms with Gasteiger partial charge in [0.1, 0.15) is 0 Å². The molecule has 0 aliphatic carbocycles. The Morgan fingerprint density at radius 3 is 2.27 bits per heavy atom. The molecule has 0 aromatic heterocycles. The maximum atomic E-state index is 12.8. The van der Waals surface area contributed by atoms with Crippen LogP contribution >= 0.6 is 0 Å². The second kappa shape index (κ2) is 7.82. The van der Waals surface area contributed by atoms with Crippen molar-refractivity contribution in [2.24, 2.45) is 5.92 Å². The summed E-state index contributed by atoms with van der Waals surface area (Å²) in [7, 11) is 0. The third-order valence-corrected chi connectivity index (χ3v) is 2.80. The van der Waals surface area contributed by atoms with Crippen LogP contribution in [0.1, 0.15) is 36.2 Å². The van der Waals surface area contributed by atoms with Crippen LogP contribution in [0.15, 0.2) is 24.3 Å². The molecule has 0 unspecified atom stereocenters. The van der Waals surface area contributed by atoms with E-state index in [1.807, 2.05) is 13.8 Å². The van der Waals surface area contributed by atoms with Crippen LogP contribution in [-0.2, 0) is 11.0 Å². The zero-order valence-electron chi connectivity index (χ0n) is 12.5. The van der Waals surface area contributed by atoms with E-state index in [4.69, 9.17) is 0 Å². The van der Waals surface area contributed by atoms with Gasteiger partial charge in [-0.05, 0) is 18.1 Å². The molecule has 4 nitrogen and oxygen atoms in total. The molecule has 2 N–H and O–H groups in total. The lowest BCUT2D eigenvalue weighted by atomic mass is 10.1. The van der Waals surface area contributed by atoms with Crippen LogP contribution in [-0.4, -0.2) is 24.9 Å². The van der Waals surface area contributed by atoms with Gasteiger partial charge in [-0.25, -0.2) is 0 Å². The summed E-state index contributed by atoms with van der Waals surface area (Å²) in [4.78, 5) is 23.2. The minimum absolute atomic E-state index is 0.0643. The van der Waals surface area contributed by atoms with Gasteiger partial charge in [0.05, 0.1) is 11.1 Å². The van der Waals surface area contributed by atoms with E-state index in [-0.39, 0.29) is 24.9 Å². The molecular formula is C15H19F3N2O2. The average molecular weight is 316 g/mol. The zero-order valence-corrected chi connectivity index (χ0v) is 12.5. The van der Waals surface area contributed by atoms with E-state index in [0.717, 1.165) is 12.1 Å². The standard InChI is InChI=1S/C15H19F3N2O2/c1-10(2)9-13(21)19-7-8-20-14(22)11-5-3-4-6-12(11)15(16,17)18/h3-6,10H,7-9H2,1-2H3,(H,19,21)(H,20,22). The molecule has 0 aliphatic rings. The number of amides is 2. The van der Waals surface area contributed by atoms with Crippen molar-refractivity contribution in [2.75, 3.05) is 13.1 Å². The van der Waals surface area contributed by atoms with E-state index in [2.05, 4.69) is 10.6 Å². The fourth-order valence-corrected chi connectivity index (χ4v) is 1.84. The van der Waals surface area contributed by atoms with Crippen LogP contribution in [0.4, 0.5) is 13.2 Å². The van der Waals surface area contributed by atoms with Crippen molar-refractivity contribution >= 4 is 11.8 Å². The first-order valence-corrected chi connectivity index (χ1v) is 6.93. The number of hydrogen-bond donors (Lipinski definition) is 2. The third-order valence-electron chi connectivity index (χ3n) is 2.80. The normalized spacial score (nSPS) is 11.4. The molecule has 0 saturated heterocycles. The fourth-order valence-electron chi connectivity index (χ4n) is 1.84. The van der Waals surface area contributed by atoms with E-state index >= 15 is 0 Å². The van der Waals surface area contributed by atoms with Crippen molar-refractivity contribution in [3.05, 3.63) is 35.4 Å². The molecule has 2 amide bonds. The molecule has 1 aromatic rings. The number of carbonyl (C=O) groups excluding carboxylic acids is 2. The summed E-state index contributed by atoms with van der Waals surface area (Å²) in [5.41, 5.74) is -1.40. The van der Waals surface area contributed by atoms with Crippen LogP contribution in [0.25, 0.3) is 0 Å². The second-order valence-electron chi connectivity index (χ2n) is 5.25. The summed E-state index contributed by atoms with van der Waals surface area (Å²) in [6.45, 7) is 4.03. The van der Waals surface area contributed by atoms with Gasteiger partial charge in [0.2, 0.25) is 5.91 Å². The molecule has 7 heteroatoms. The van der Waals surface area contributed by atoms with E-state index in [9.17, 15) is 22.8 Å². The van der Waals surface area contributed by atoms with Gasteiger partial charge in [-0.1, -0.05) is 26.0 Å². The number of benzene rings is 1. The van der Waals surface area contributed by atoms with E-state index in [1.54, 1.807) is 0 Å². The predicted octanol–water partition coefficient (Wildman–Crippen LogP) is 2.60. The van der Waals surface area contributed by atoms with Gasteiger partial charge >= 0.3 is 6.18 Å². The van der Waals surface area contributed by atoms with Gasteiger partial charge in [-0.2, -0.15) is 13.2 Å². The number of nitrogens with one attached hydrogen (secondary N) is 2. The number of alkyl halides is 3. The molecule has 1 aromatic carbocycles. The van der Waals surface area contributed by atoms with E-state index in [0.29, 0.717) is 6.42 Å². The van der Waals surface area contributed by atoms with Gasteiger partial charge in [0, 0.05) is 19.5 Å². The fraction of sp³-hybridized carbons (Fsp3) is 0.467. The number of halogens is 3. The van der Waals surface area contributed by atoms with E-state index in [1.165, 1.54) is 12.1 Å². The monoisotopic (exact) mass is 316 g/mol. The maximum absolute atomic E-state index is 12.8. The molecule has 0 radical (unpaired) electrons. The highest BCUT2D eigenvalue weighted by Crippen LogP contribution is 2.31. The first-order chi connectivity index (χ1) is 10.2. The third kappa shape index (κ3) is 5.75. The van der Waals surface area contributed by atoms with Crippen molar-refractivity contribution in [1.29, 1.82) is 0 Å². The van der Waals surface area contributed by atoms with Crippen LogP contribution < -0.4 is 10.6 Å². The number of carbonyl (C=O) groups is 2. The van der Waals surface area contributed by atoms with Gasteiger partial charge < -0.3 is 10.6 Å². The molecule has 0 saturated carbocycles. The molecule has 0 heterocycles. The zero-order chi connectivity index (χ0) is 16.8. The smallest absolute Gasteiger partial charge is 0.354 e. The quantitative estimate of drug-likeness (QED) is 0.793. The molecule has 0 atom stereocenters. The van der Waals surface area contributed by atoms with Crippen LogP contribution in [0, 0.1) is 5.92 Å². The maximum Gasteiger partial charge on any atom is 0.417 e. The molecule has 1 rings (SSSR count). The van der Waals surface area contributed by atoms with Gasteiger partial charge in [0.15, 0.2) is 0 Å². The highest BCUT2D eigenvalue weighted by Gasteiger charge is 2.34. The molecule has 0 bridgehead atoms. The lowest BCUT2D eigenvalue weighted by Crippen LogP contribution is -2.35. The summed E-state index contributed by atoms with van der Waals surface area (Å²) in [5, 5.41) is 4.96. The minimum atomic E-state index is -4.58. The first-order valence-electron chi connectivity index (χ1n) is 6.93. The second-order valence-corrected chi connectivity index (χ2v) is 5.25. The Labute approximate surface area is 127 Å². The Morgan fingerprint density at radius 1 is 1.09 bits per heavy atom. The average Bonchev–Trinajstić information content (AvgIpc) is 2.41.